The maximum absolute atomic E-state index is 13.3. The molecule has 3 aromatic carbocycles. The summed E-state index contributed by atoms with van der Waals surface area (Å²) in [6, 6.07) is 14.6. The third-order valence-electron chi connectivity index (χ3n) is 5.08. The Morgan fingerprint density at radius 3 is 1.71 bits per heavy atom. The summed E-state index contributed by atoms with van der Waals surface area (Å²) in [5.41, 5.74) is 0.883. The van der Waals surface area contributed by atoms with E-state index >= 15 is 0 Å². The normalized spacial score (nSPS) is 11.3. The Balaban J connectivity index is 1.83. The SMILES string of the molecule is O=c1c(-c2ccc(Cl)cc2)coc2c1c(O)cc1occ(-c3ccc(Cl)cc3)c(=O)c12. The van der Waals surface area contributed by atoms with Gasteiger partial charge in [-0.2, -0.15) is 0 Å². The molecule has 0 aliphatic rings. The molecule has 2 aromatic heterocycles. The van der Waals surface area contributed by atoms with Gasteiger partial charge in [0, 0.05) is 16.1 Å². The van der Waals surface area contributed by atoms with Gasteiger partial charge in [-0.1, -0.05) is 47.5 Å². The van der Waals surface area contributed by atoms with Gasteiger partial charge in [-0.15, -0.1) is 0 Å². The summed E-state index contributed by atoms with van der Waals surface area (Å²) in [5.74, 6) is -0.338. The minimum Gasteiger partial charge on any atom is -0.507 e. The molecule has 5 aromatic rings. The zero-order chi connectivity index (χ0) is 21.7. The molecule has 0 aliphatic heterocycles. The highest BCUT2D eigenvalue weighted by Gasteiger charge is 2.20. The van der Waals surface area contributed by atoms with E-state index in [1.807, 2.05) is 0 Å². The van der Waals surface area contributed by atoms with Crippen LogP contribution in [0.3, 0.4) is 0 Å². The lowest BCUT2D eigenvalue weighted by Crippen LogP contribution is -2.09. The van der Waals surface area contributed by atoms with E-state index in [4.69, 9.17) is 32.0 Å². The van der Waals surface area contributed by atoms with Gasteiger partial charge in [-0.05, 0) is 35.4 Å². The molecule has 31 heavy (non-hydrogen) atoms. The lowest BCUT2D eigenvalue weighted by atomic mass is 10.0. The van der Waals surface area contributed by atoms with E-state index in [0.717, 1.165) is 0 Å². The molecule has 7 heteroatoms. The van der Waals surface area contributed by atoms with Crippen molar-refractivity contribution >= 4 is 45.1 Å². The van der Waals surface area contributed by atoms with Crippen molar-refractivity contribution in [1.82, 2.24) is 0 Å². The summed E-state index contributed by atoms with van der Waals surface area (Å²) in [7, 11) is 0. The number of aromatic hydroxyl groups is 1. The van der Waals surface area contributed by atoms with E-state index in [1.54, 1.807) is 48.5 Å². The van der Waals surface area contributed by atoms with Crippen LogP contribution in [0, 0.1) is 0 Å². The molecule has 1 N–H and O–H groups in total. The largest absolute Gasteiger partial charge is 0.507 e. The Morgan fingerprint density at radius 1 is 0.677 bits per heavy atom. The van der Waals surface area contributed by atoms with Crippen LogP contribution in [-0.2, 0) is 0 Å². The number of benzene rings is 3. The van der Waals surface area contributed by atoms with Crippen LogP contribution < -0.4 is 10.9 Å². The Bertz CT molecular complexity index is 1580. The third kappa shape index (κ3) is 3.19. The zero-order valence-corrected chi connectivity index (χ0v) is 17.2. The number of phenols is 1. The van der Waals surface area contributed by atoms with E-state index in [9.17, 15) is 14.7 Å². The minimum atomic E-state index is -0.473. The number of halogens is 2. The lowest BCUT2D eigenvalue weighted by molar-refractivity contribution is 0.478. The van der Waals surface area contributed by atoms with Crippen molar-refractivity contribution in [2.75, 3.05) is 0 Å². The predicted molar refractivity (Wildman–Crippen MR) is 121 cm³/mol. The Hall–Kier alpha value is -3.54. The molecule has 0 aliphatic carbocycles. The summed E-state index contributed by atoms with van der Waals surface area (Å²) in [4.78, 5) is 26.5. The van der Waals surface area contributed by atoms with Gasteiger partial charge in [-0.3, -0.25) is 9.59 Å². The van der Waals surface area contributed by atoms with Gasteiger partial charge in [0.1, 0.15) is 34.6 Å². The van der Waals surface area contributed by atoms with Crippen LogP contribution in [0.15, 0.2) is 85.5 Å². The van der Waals surface area contributed by atoms with E-state index in [1.165, 1.54) is 18.6 Å². The van der Waals surface area contributed by atoms with Crippen molar-refractivity contribution in [2.45, 2.75) is 0 Å². The first-order valence-electron chi connectivity index (χ1n) is 9.19. The molecular formula is C24H12Cl2O5. The highest BCUT2D eigenvalue weighted by atomic mass is 35.5. The van der Waals surface area contributed by atoms with Crippen molar-refractivity contribution < 1.29 is 13.9 Å². The first-order chi connectivity index (χ1) is 14.9. The van der Waals surface area contributed by atoms with Crippen LogP contribution in [0.5, 0.6) is 5.75 Å². The number of hydrogen-bond acceptors (Lipinski definition) is 5. The highest BCUT2D eigenvalue weighted by Crippen LogP contribution is 2.33. The van der Waals surface area contributed by atoms with Crippen LogP contribution >= 0.6 is 23.2 Å². The second-order valence-corrected chi connectivity index (χ2v) is 7.82. The van der Waals surface area contributed by atoms with Gasteiger partial charge in [0.2, 0.25) is 10.9 Å². The maximum Gasteiger partial charge on any atom is 0.204 e. The first kappa shape index (κ1) is 19.4. The van der Waals surface area contributed by atoms with Crippen LogP contribution in [0.25, 0.3) is 44.2 Å². The first-order valence-corrected chi connectivity index (χ1v) is 9.94. The summed E-state index contributed by atoms with van der Waals surface area (Å²) in [6.07, 6.45) is 2.57. The third-order valence-corrected chi connectivity index (χ3v) is 5.58. The second kappa shape index (κ2) is 7.30. The fourth-order valence-electron chi connectivity index (χ4n) is 3.54. The van der Waals surface area contributed by atoms with E-state index < -0.39 is 10.9 Å². The van der Waals surface area contributed by atoms with Gasteiger partial charge in [0.25, 0.3) is 0 Å². The van der Waals surface area contributed by atoms with Crippen LogP contribution in [0.1, 0.15) is 0 Å². The molecule has 5 nitrogen and oxygen atoms in total. The fourth-order valence-corrected chi connectivity index (χ4v) is 3.79. The van der Waals surface area contributed by atoms with E-state index in [2.05, 4.69) is 0 Å². The smallest absolute Gasteiger partial charge is 0.204 e. The molecule has 0 amide bonds. The summed E-state index contributed by atoms with van der Waals surface area (Å²) >= 11 is 11.9. The number of rotatable bonds is 2. The topological polar surface area (TPSA) is 80.7 Å². The van der Waals surface area contributed by atoms with Crippen LogP contribution in [0.2, 0.25) is 10.0 Å². The average Bonchev–Trinajstić information content (AvgIpc) is 2.75. The maximum atomic E-state index is 13.3. The second-order valence-electron chi connectivity index (χ2n) is 6.94. The molecule has 0 fully saturated rings. The Labute approximate surface area is 184 Å². The fraction of sp³-hybridized carbons (Fsp3) is 0. The van der Waals surface area contributed by atoms with Crippen molar-refractivity contribution in [3.05, 3.63) is 97.6 Å². The molecule has 0 radical (unpaired) electrons. The van der Waals surface area contributed by atoms with E-state index in [-0.39, 0.29) is 38.8 Å². The molecule has 5 rings (SSSR count). The van der Waals surface area contributed by atoms with Gasteiger partial charge >= 0.3 is 0 Å². The monoisotopic (exact) mass is 450 g/mol. The van der Waals surface area contributed by atoms with E-state index in [0.29, 0.717) is 21.2 Å². The molecule has 0 atom stereocenters. The van der Waals surface area contributed by atoms with Crippen LogP contribution in [0.4, 0.5) is 0 Å². The van der Waals surface area contributed by atoms with Crippen LogP contribution in [-0.4, -0.2) is 5.11 Å². The van der Waals surface area contributed by atoms with Crippen molar-refractivity contribution in [3.8, 4) is 28.0 Å². The average molecular weight is 451 g/mol. The number of fused-ring (bicyclic) bond motifs is 3. The molecule has 0 saturated carbocycles. The van der Waals surface area contributed by atoms with Gasteiger partial charge in [-0.25, -0.2) is 0 Å². The molecule has 2 heterocycles. The summed E-state index contributed by atoms with van der Waals surface area (Å²) in [5, 5.41) is 11.5. The zero-order valence-electron chi connectivity index (χ0n) is 15.7. The number of hydrogen-bond donors (Lipinski definition) is 1. The molecule has 0 unspecified atom stereocenters. The quantitative estimate of drug-likeness (QED) is 0.321. The predicted octanol–water partition coefficient (Wildman–Crippen LogP) is 6.25. The van der Waals surface area contributed by atoms with Gasteiger partial charge in [0.05, 0.1) is 11.1 Å². The van der Waals surface area contributed by atoms with Gasteiger partial charge in [0.15, 0.2) is 5.58 Å². The molecule has 0 saturated heterocycles. The molecular weight excluding hydrogens is 439 g/mol. The Kier molecular flexibility index (Phi) is 4.58. The number of phenolic OH excluding ortho intramolecular Hbond substituents is 1. The molecule has 152 valence electrons. The molecule has 0 spiro atoms. The standard InChI is InChI=1S/C24H12Cl2O5/c25-14-5-1-12(2-6-14)16-10-30-19-9-18(27)20-22(28)17(13-3-7-15(26)8-4-13)11-31-24(20)21(19)23(16)29/h1-11,27H. The Morgan fingerprint density at radius 2 is 1.16 bits per heavy atom. The lowest BCUT2D eigenvalue weighted by Gasteiger charge is -2.08. The molecule has 0 bridgehead atoms. The minimum absolute atomic E-state index is 0.0396. The van der Waals surface area contributed by atoms with Crippen molar-refractivity contribution in [3.63, 3.8) is 0 Å². The summed E-state index contributed by atoms with van der Waals surface area (Å²) in [6.45, 7) is 0. The van der Waals surface area contributed by atoms with Gasteiger partial charge < -0.3 is 13.9 Å². The van der Waals surface area contributed by atoms with Crippen molar-refractivity contribution in [2.24, 2.45) is 0 Å². The summed E-state index contributed by atoms with van der Waals surface area (Å²) < 4.78 is 11.3. The van der Waals surface area contributed by atoms with Crippen molar-refractivity contribution in [1.29, 1.82) is 0 Å². The highest BCUT2D eigenvalue weighted by molar-refractivity contribution is 6.31.